The fourth-order valence-corrected chi connectivity index (χ4v) is 1.32. The third kappa shape index (κ3) is 2.78. The average Bonchev–Trinajstić information content (AvgIpc) is 2.90. The molecule has 0 aliphatic rings. The number of aromatic nitrogens is 2. The molecule has 2 rings (SSSR count). The van der Waals surface area contributed by atoms with Crippen molar-refractivity contribution >= 4 is 11.6 Å². The van der Waals surface area contributed by atoms with Crippen molar-refractivity contribution < 1.29 is 4.79 Å². The van der Waals surface area contributed by atoms with E-state index >= 15 is 0 Å². The number of hydrogen-bond donors (Lipinski definition) is 2. The molecule has 0 spiro atoms. The molecule has 0 atom stereocenters. The van der Waals surface area contributed by atoms with Crippen LogP contribution in [-0.4, -0.2) is 21.8 Å². The van der Waals surface area contributed by atoms with Crippen molar-refractivity contribution in [2.24, 2.45) is 5.10 Å². The molecule has 0 saturated carbocycles. The molecule has 86 valence electrons. The van der Waals surface area contributed by atoms with Gasteiger partial charge in [-0.25, -0.2) is 5.43 Å². The first-order valence-electron chi connectivity index (χ1n) is 5.17. The second-order valence-electron chi connectivity index (χ2n) is 3.47. The Morgan fingerprint density at radius 1 is 1.29 bits per heavy atom. The normalized spacial score (nSPS) is 11.2. The monoisotopic (exact) mass is 228 g/mol. The highest BCUT2D eigenvalue weighted by Crippen LogP contribution is 2.00. The number of hydrogen-bond acceptors (Lipinski definition) is 3. The van der Waals surface area contributed by atoms with E-state index in [2.05, 4.69) is 20.7 Å². The van der Waals surface area contributed by atoms with Crippen LogP contribution in [0.25, 0.3) is 0 Å². The molecule has 0 fully saturated rings. The topological polar surface area (TPSA) is 70.1 Å². The molecule has 5 heteroatoms. The third-order valence-electron chi connectivity index (χ3n) is 2.26. The van der Waals surface area contributed by atoms with E-state index in [9.17, 15) is 4.79 Å². The van der Waals surface area contributed by atoms with E-state index in [4.69, 9.17) is 0 Å². The highest BCUT2D eigenvalue weighted by Gasteiger charge is 2.05. The fourth-order valence-electron chi connectivity index (χ4n) is 1.32. The third-order valence-corrected chi connectivity index (χ3v) is 2.26. The van der Waals surface area contributed by atoms with Crippen molar-refractivity contribution in [1.82, 2.24) is 15.6 Å². The molecule has 1 aromatic carbocycles. The van der Waals surface area contributed by atoms with Crippen LogP contribution in [0, 0.1) is 0 Å². The number of carbonyl (C=O) groups excluding carboxylic acids is 1. The predicted octanol–water partition coefficient (Wildman–Crippen LogP) is 1.56. The van der Waals surface area contributed by atoms with Gasteiger partial charge >= 0.3 is 0 Å². The molecule has 0 unspecified atom stereocenters. The number of nitrogens with one attached hydrogen (secondary N) is 2. The number of rotatable bonds is 3. The maximum absolute atomic E-state index is 11.6. The smallest absolute Gasteiger partial charge is 0.273 e. The number of carbonyl (C=O) groups is 1. The average molecular weight is 228 g/mol. The van der Waals surface area contributed by atoms with Gasteiger partial charge in [-0.1, -0.05) is 30.3 Å². The summed E-state index contributed by atoms with van der Waals surface area (Å²) in [4.78, 5) is 11.6. The number of hydrazone groups is 1. The van der Waals surface area contributed by atoms with Gasteiger partial charge < -0.3 is 0 Å². The van der Waals surface area contributed by atoms with E-state index in [1.807, 2.05) is 37.3 Å². The molecule has 2 aromatic rings. The molecule has 5 nitrogen and oxygen atoms in total. The Kier molecular flexibility index (Phi) is 3.30. The number of H-pyrrole nitrogens is 1. The Balaban J connectivity index is 2.04. The molecular formula is C12H12N4O. The lowest BCUT2D eigenvalue weighted by Crippen LogP contribution is -2.19. The van der Waals surface area contributed by atoms with Crippen molar-refractivity contribution in [3.63, 3.8) is 0 Å². The van der Waals surface area contributed by atoms with Gasteiger partial charge in [0.2, 0.25) is 0 Å². The van der Waals surface area contributed by atoms with Crippen LogP contribution >= 0.6 is 0 Å². The van der Waals surface area contributed by atoms with Crippen LogP contribution in [0.15, 0.2) is 47.7 Å². The minimum absolute atomic E-state index is 0.308. The van der Waals surface area contributed by atoms with Crippen molar-refractivity contribution in [2.75, 3.05) is 0 Å². The predicted molar refractivity (Wildman–Crippen MR) is 64.7 cm³/mol. The first kappa shape index (κ1) is 11.1. The van der Waals surface area contributed by atoms with Gasteiger partial charge in [-0.05, 0) is 18.6 Å². The summed E-state index contributed by atoms with van der Waals surface area (Å²) in [6.45, 7) is 1.84. The molecule has 0 aliphatic heterocycles. The molecule has 0 bridgehead atoms. The minimum atomic E-state index is -0.308. The zero-order chi connectivity index (χ0) is 12.1. The Labute approximate surface area is 98.6 Å². The summed E-state index contributed by atoms with van der Waals surface area (Å²) in [6.07, 6.45) is 1.52. The van der Waals surface area contributed by atoms with Crippen LogP contribution < -0.4 is 5.43 Å². The lowest BCUT2D eigenvalue weighted by Gasteiger charge is -2.01. The standard InChI is InChI=1S/C12H12N4O/c1-9(10-5-3-2-4-6-10)14-16-12(17)11-7-8-13-15-11/h2-8H,1H3,(H,13,15)(H,16,17). The van der Waals surface area contributed by atoms with Crippen molar-refractivity contribution in [3.05, 3.63) is 53.9 Å². The van der Waals surface area contributed by atoms with E-state index in [0.29, 0.717) is 5.69 Å². The van der Waals surface area contributed by atoms with Crippen molar-refractivity contribution in [1.29, 1.82) is 0 Å². The second kappa shape index (κ2) is 5.07. The minimum Gasteiger partial charge on any atom is -0.273 e. The first-order valence-corrected chi connectivity index (χ1v) is 5.17. The lowest BCUT2D eigenvalue weighted by molar-refractivity contribution is 0.0950. The highest BCUT2D eigenvalue weighted by atomic mass is 16.2. The summed E-state index contributed by atoms with van der Waals surface area (Å²) in [5.74, 6) is -0.308. The molecule has 1 heterocycles. The van der Waals surface area contributed by atoms with E-state index in [1.54, 1.807) is 6.07 Å². The second-order valence-corrected chi connectivity index (χ2v) is 3.47. The van der Waals surface area contributed by atoms with Gasteiger partial charge in [-0.15, -0.1) is 0 Å². The van der Waals surface area contributed by atoms with Crippen LogP contribution in [0.1, 0.15) is 23.0 Å². The maximum Gasteiger partial charge on any atom is 0.289 e. The highest BCUT2D eigenvalue weighted by molar-refractivity contribution is 6.00. The summed E-state index contributed by atoms with van der Waals surface area (Å²) in [7, 11) is 0. The van der Waals surface area contributed by atoms with Gasteiger partial charge in [0.05, 0.1) is 5.71 Å². The summed E-state index contributed by atoms with van der Waals surface area (Å²) in [5, 5.41) is 10.3. The summed E-state index contributed by atoms with van der Waals surface area (Å²) < 4.78 is 0. The zero-order valence-electron chi connectivity index (χ0n) is 9.34. The van der Waals surface area contributed by atoms with Gasteiger partial charge in [0, 0.05) is 6.20 Å². The van der Waals surface area contributed by atoms with Gasteiger partial charge in [-0.2, -0.15) is 10.2 Å². The van der Waals surface area contributed by atoms with E-state index in [1.165, 1.54) is 6.20 Å². The van der Waals surface area contributed by atoms with Crippen molar-refractivity contribution in [3.8, 4) is 0 Å². The fraction of sp³-hybridized carbons (Fsp3) is 0.0833. The number of nitrogens with zero attached hydrogens (tertiary/aromatic N) is 2. The molecule has 0 aliphatic carbocycles. The number of benzene rings is 1. The van der Waals surface area contributed by atoms with Gasteiger partial charge in [0.25, 0.3) is 5.91 Å². The summed E-state index contributed by atoms with van der Waals surface area (Å²) in [6, 6.07) is 11.2. The Morgan fingerprint density at radius 3 is 2.71 bits per heavy atom. The van der Waals surface area contributed by atoms with Crippen LogP contribution in [0.5, 0.6) is 0 Å². The molecule has 1 aromatic heterocycles. The summed E-state index contributed by atoms with van der Waals surface area (Å²) >= 11 is 0. The number of amides is 1. The lowest BCUT2D eigenvalue weighted by atomic mass is 10.1. The first-order chi connectivity index (χ1) is 8.27. The maximum atomic E-state index is 11.6. The van der Waals surface area contributed by atoms with E-state index < -0.39 is 0 Å². The van der Waals surface area contributed by atoms with E-state index in [0.717, 1.165) is 11.3 Å². The van der Waals surface area contributed by atoms with Crippen LogP contribution in [-0.2, 0) is 0 Å². The molecule has 0 radical (unpaired) electrons. The number of aromatic amines is 1. The molecule has 1 amide bonds. The zero-order valence-corrected chi connectivity index (χ0v) is 9.34. The van der Waals surface area contributed by atoms with Crippen molar-refractivity contribution in [2.45, 2.75) is 6.92 Å². The van der Waals surface area contributed by atoms with Crippen LogP contribution in [0.3, 0.4) is 0 Å². The van der Waals surface area contributed by atoms with Gasteiger partial charge in [-0.3, -0.25) is 9.89 Å². The van der Waals surface area contributed by atoms with Crippen LogP contribution in [0.4, 0.5) is 0 Å². The summed E-state index contributed by atoms with van der Waals surface area (Å²) in [5.41, 5.74) is 4.56. The Morgan fingerprint density at radius 2 is 2.06 bits per heavy atom. The van der Waals surface area contributed by atoms with E-state index in [-0.39, 0.29) is 5.91 Å². The Hall–Kier alpha value is -2.43. The SMILES string of the molecule is CC(=NNC(=O)c1ccn[nH]1)c1ccccc1. The quantitative estimate of drug-likeness (QED) is 0.618. The van der Waals surface area contributed by atoms with Gasteiger partial charge in [0.1, 0.15) is 5.69 Å². The molecule has 17 heavy (non-hydrogen) atoms. The molecular weight excluding hydrogens is 216 g/mol. The molecule has 0 saturated heterocycles. The van der Waals surface area contributed by atoms with Crippen LogP contribution in [0.2, 0.25) is 0 Å². The van der Waals surface area contributed by atoms with Gasteiger partial charge in [0.15, 0.2) is 0 Å². The largest absolute Gasteiger partial charge is 0.289 e. The Bertz CT molecular complexity index is 517. The molecule has 2 N–H and O–H groups in total.